The maximum Gasteiger partial charge on any atom is 0.251 e. The van der Waals surface area contributed by atoms with E-state index >= 15 is 0 Å². The highest BCUT2D eigenvalue weighted by Crippen LogP contribution is 2.23. The molecule has 0 spiro atoms. The van der Waals surface area contributed by atoms with E-state index in [2.05, 4.69) is 4.98 Å². The first-order valence-corrected chi connectivity index (χ1v) is 11.9. The van der Waals surface area contributed by atoms with Crippen molar-refractivity contribution in [2.75, 3.05) is 20.1 Å². The first-order valence-electron chi connectivity index (χ1n) is 9.64. The fourth-order valence-corrected chi connectivity index (χ4v) is 5.97. The third-order valence-electron chi connectivity index (χ3n) is 5.10. The van der Waals surface area contributed by atoms with Crippen molar-refractivity contribution in [3.63, 3.8) is 0 Å². The molecule has 10 heteroatoms. The van der Waals surface area contributed by atoms with Crippen LogP contribution in [0.15, 0.2) is 52.3 Å². The summed E-state index contributed by atoms with van der Waals surface area (Å²) in [6.45, 7) is 1.04. The number of pyridine rings is 1. The zero-order valence-corrected chi connectivity index (χ0v) is 18.2. The van der Waals surface area contributed by atoms with Gasteiger partial charge in [0.15, 0.2) is 0 Å². The molecule has 30 heavy (non-hydrogen) atoms. The summed E-state index contributed by atoms with van der Waals surface area (Å²) in [6, 6.07) is 10.3. The summed E-state index contributed by atoms with van der Waals surface area (Å²) in [5.74, 6) is -0.299. The van der Waals surface area contributed by atoms with Crippen LogP contribution in [-0.4, -0.2) is 53.2 Å². The summed E-state index contributed by atoms with van der Waals surface area (Å²) in [7, 11) is -2.01. The maximum absolute atomic E-state index is 12.8. The molecule has 0 N–H and O–H groups in total. The predicted octanol–water partition coefficient (Wildman–Crippen LogP) is 1.90. The van der Waals surface area contributed by atoms with E-state index in [0.717, 1.165) is 32.6 Å². The molecule has 0 bridgehead atoms. The van der Waals surface area contributed by atoms with Gasteiger partial charge in [0.05, 0.1) is 21.7 Å². The predicted molar refractivity (Wildman–Crippen MR) is 115 cm³/mol. The minimum absolute atomic E-state index is 0.0330. The molecular weight excluding hydrogens is 424 g/mol. The van der Waals surface area contributed by atoms with E-state index in [-0.39, 0.29) is 17.3 Å². The summed E-state index contributed by atoms with van der Waals surface area (Å²) < 4.78 is 29.1. The number of para-hydroxylation sites is 1. The van der Waals surface area contributed by atoms with E-state index in [4.69, 9.17) is 0 Å². The number of amides is 1. The lowest BCUT2D eigenvalue weighted by atomic mass is 10.3. The second-order valence-electron chi connectivity index (χ2n) is 7.27. The van der Waals surface area contributed by atoms with Crippen LogP contribution in [0.5, 0.6) is 0 Å². The SMILES string of the molecule is CN(Cc1nc2ccccc2s1)C(=O)Cn1cc(S(=O)(=O)N2CCCC2)ccc1=O. The number of fused-ring (bicyclic) bond motifs is 1. The lowest BCUT2D eigenvalue weighted by molar-refractivity contribution is -0.131. The molecule has 0 saturated carbocycles. The summed E-state index contributed by atoms with van der Waals surface area (Å²) in [4.78, 5) is 31.0. The number of hydrogen-bond acceptors (Lipinski definition) is 6. The Morgan fingerprint density at radius 3 is 2.63 bits per heavy atom. The van der Waals surface area contributed by atoms with Gasteiger partial charge in [0, 0.05) is 32.4 Å². The molecule has 0 atom stereocenters. The number of carbonyl (C=O) groups is 1. The number of sulfonamides is 1. The number of benzene rings is 1. The number of rotatable bonds is 6. The Balaban J connectivity index is 1.50. The van der Waals surface area contributed by atoms with E-state index < -0.39 is 15.6 Å². The van der Waals surface area contributed by atoms with Crippen LogP contribution >= 0.6 is 11.3 Å². The Morgan fingerprint density at radius 1 is 1.17 bits per heavy atom. The van der Waals surface area contributed by atoms with Crippen LogP contribution in [-0.2, 0) is 27.9 Å². The molecule has 0 radical (unpaired) electrons. The van der Waals surface area contributed by atoms with Gasteiger partial charge in [-0.25, -0.2) is 13.4 Å². The van der Waals surface area contributed by atoms with Crippen LogP contribution in [0.25, 0.3) is 10.2 Å². The van der Waals surface area contributed by atoms with Gasteiger partial charge in [-0.05, 0) is 31.0 Å². The van der Waals surface area contributed by atoms with Crippen molar-refractivity contribution >= 4 is 37.5 Å². The lowest BCUT2D eigenvalue weighted by Crippen LogP contribution is -2.34. The van der Waals surface area contributed by atoms with Crippen molar-refractivity contribution in [1.82, 2.24) is 18.8 Å². The lowest BCUT2D eigenvalue weighted by Gasteiger charge is -2.18. The molecule has 1 saturated heterocycles. The highest BCUT2D eigenvalue weighted by Gasteiger charge is 2.28. The van der Waals surface area contributed by atoms with Gasteiger partial charge in [0.1, 0.15) is 11.6 Å². The molecule has 8 nitrogen and oxygen atoms in total. The van der Waals surface area contributed by atoms with Crippen molar-refractivity contribution in [2.45, 2.75) is 30.8 Å². The van der Waals surface area contributed by atoms with Gasteiger partial charge in [-0.15, -0.1) is 11.3 Å². The monoisotopic (exact) mass is 446 g/mol. The maximum atomic E-state index is 12.8. The Kier molecular flexibility index (Phi) is 5.72. The standard InChI is InChI=1S/C20H22N4O4S2/c1-22(13-18-21-16-6-2-3-7-17(16)29-18)20(26)14-23-12-15(8-9-19(23)25)30(27,28)24-10-4-5-11-24/h2-3,6-9,12H,4-5,10-11,13-14H2,1H3. The molecule has 3 aromatic rings. The van der Waals surface area contributed by atoms with Crippen molar-refractivity contribution in [3.8, 4) is 0 Å². The molecule has 1 aliphatic rings. The number of carbonyl (C=O) groups excluding carboxylic acids is 1. The van der Waals surface area contributed by atoms with Gasteiger partial charge in [0.2, 0.25) is 15.9 Å². The Morgan fingerprint density at radius 2 is 1.90 bits per heavy atom. The molecule has 158 valence electrons. The number of aromatic nitrogens is 2. The Hall–Kier alpha value is -2.56. The van der Waals surface area contributed by atoms with Crippen molar-refractivity contribution in [2.24, 2.45) is 0 Å². The number of hydrogen-bond donors (Lipinski definition) is 0. The van der Waals surface area contributed by atoms with Crippen molar-refractivity contribution in [1.29, 1.82) is 0 Å². The van der Waals surface area contributed by atoms with E-state index in [1.54, 1.807) is 7.05 Å². The number of nitrogens with zero attached hydrogens (tertiary/aromatic N) is 4. The zero-order valence-electron chi connectivity index (χ0n) is 16.5. The minimum atomic E-state index is -3.66. The molecule has 0 unspecified atom stereocenters. The largest absolute Gasteiger partial charge is 0.337 e. The fraction of sp³-hybridized carbons (Fsp3) is 0.350. The van der Waals surface area contributed by atoms with E-state index in [9.17, 15) is 18.0 Å². The van der Waals surface area contributed by atoms with E-state index in [1.807, 2.05) is 24.3 Å². The zero-order chi connectivity index (χ0) is 21.3. The fourth-order valence-electron chi connectivity index (χ4n) is 3.41. The number of thiazole rings is 1. The minimum Gasteiger partial charge on any atom is -0.337 e. The topological polar surface area (TPSA) is 92.6 Å². The molecule has 1 amide bonds. The molecule has 0 aliphatic carbocycles. The first-order chi connectivity index (χ1) is 14.3. The summed E-state index contributed by atoms with van der Waals surface area (Å²) in [6.07, 6.45) is 2.92. The second-order valence-corrected chi connectivity index (χ2v) is 10.3. The van der Waals surface area contributed by atoms with Crippen molar-refractivity contribution in [3.05, 3.63) is 58.0 Å². The number of likely N-dealkylation sites (N-methyl/N-ethyl adjacent to an activating group) is 1. The Labute approximate surface area is 178 Å². The van der Waals surface area contributed by atoms with Crippen LogP contribution in [0.1, 0.15) is 17.8 Å². The van der Waals surface area contributed by atoms with E-state index in [0.29, 0.717) is 19.6 Å². The Bertz CT molecular complexity index is 1210. The van der Waals surface area contributed by atoms with Gasteiger partial charge >= 0.3 is 0 Å². The van der Waals surface area contributed by atoms with Gasteiger partial charge < -0.3 is 9.47 Å². The molecule has 1 fully saturated rings. The smallest absolute Gasteiger partial charge is 0.251 e. The van der Waals surface area contributed by atoms with Gasteiger partial charge in [-0.3, -0.25) is 9.59 Å². The van der Waals surface area contributed by atoms with E-state index in [1.165, 1.54) is 38.9 Å². The summed E-state index contributed by atoms with van der Waals surface area (Å²) >= 11 is 1.51. The van der Waals surface area contributed by atoms with Gasteiger partial charge in [-0.2, -0.15) is 4.31 Å². The molecule has 1 aromatic carbocycles. The highest BCUT2D eigenvalue weighted by molar-refractivity contribution is 7.89. The third kappa shape index (κ3) is 4.16. The summed E-state index contributed by atoms with van der Waals surface area (Å²) in [5, 5.41) is 0.796. The van der Waals surface area contributed by atoms with Crippen LogP contribution in [0, 0.1) is 0 Å². The van der Waals surface area contributed by atoms with Gasteiger partial charge in [-0.1, -0.05) is 12.1 Å². The molecule has 3 heterocycles. The second kappa shape index (κ2) is 8.29. The first kappa shape index (κ1) is 20.7. The summed E-state index contributed by atoms with van der Waals surface area (Å²) in [5.41, 5.74) is 0.464. The normalized spacial score (nSPS) is 15.0. The van der Waals surface area contributed by atoms with Crippen LogP contribution in [0.3, 0.4) is 0 Å². The average molecular weight is 447 g/mol. The van der Waals surface area contributed by atoms with Crippen LogP contribution in [0.2, 0.25) is 0 Å². The highest BCUT2D eigenvalue weighted by atomic mass is 32.2. The van der Waals surface area contributed by atoms with Crippen molar-refractivity contribution < 1.29 is 13.2 Å². The third-order valence-corrected chi connectivity index (χ3v) is 8.00. The molecule has 1 aliphatic heterocycles. The molecule has 2 aromatic heterocycles. The van der Waals surface area contributed by atoms with Crippen LogP contribution < -0.4 is 5.56 Å². The molecular formula is C20H22N4O4S2. The average Bonchev–Trinajstić information content (AvgIpc) is 3.39. The van der Waals surface area contributed by atoms with Gasteiger partial charge in [0.25, 0.3) is 5.56 Å². The van der Waals surface area contributed by atoms with Crippen LogP contribution in [0.4, 0.5) is 0 Å². The quantitative estimate of drug-likeness (QED) is 0.577. The molecule has 4 rings (SSSR count).